The number of carboxylic acid groups (broad SMARTS) is 1. The van der Waals surface area contributed by atoms with Gasteiger partial charge >= 0.3 is 5.97 Å². The molecule has 0 atom stereocenters. The van der Waals surface area contributed by atoms with Gasteiger partial charge in [0, 0.05) is 5.56 Å². The van der Waals surface area contributed by atoms with Crippen molar-refractivity contribution in [3.05, 3.63) is 29.1 Å². The van der Waals surface area contributed by atoms with Crippen molar-refractivity contribution in [2.75, 3.05) is 7.11 Å². The molecular formula is C10H8N2O3S. The maximum absolute atomic E-state index is 10.9. The van der Waals surface area contributed by atoms with Crippen LogP contribution >= 0.6 is 11.5 Å². The highest BCUT2D eigenvalue weighted by Gasteiger charge is 2.16. The van der Waals surface area contributed by atoms with E-state index in [1.54, 1.807) is 31.4 Å². The van der Waals surface area contributed by atoms with Crippen LogP contribution in [0.1, 0.15) is 9.67 Å². The van der Waals surface area contributed by atoms with Gasteiger partial charge < -0.3 is 9.84 Å². The Kier molecular flexibility index (Phi) is 2.82. The van der Waals surface area contributed by atoms with Gasteiger partial charge in [-0.15, -0.1) is 5.10 Å². The van der Waals surface area contributed by atoms with E-state index in [1.807, 2.05) is 0 Å². The van der Waals surface area contributed by atoms with Crippen LogP contribution in [-0.2, 0) is 0 Å². The second-order valence-electron chi connectivity index (χ2n) is 2.99. The van der Waals surface area contributed by atoms with Crippen molar-refractivity contribution in [2.24, 2.45) is 0 Å². The highest BCUT2D eigenvalue weighted by Crippen LogP contribution is 2.26. The number of methoxy groups -OCH3 is 1. The minimum absolute atomic E-state index is 0.133. The van der Waals surface area contributed by atoms with Crippen LogP contribution in [0.2, 0.25) is 0 Å². The summed E-state index contributed by atoms with van der Waals surface area (Å²) in [6, 6.07) is 7.05. The van der Waals surface area contributed by atoms with Crippen molar-refractivity contribution in [1.82, 2.24) is 9.59 Å². The molecule has 82 valence electrons. The third-order valence-corrected chi connectivity index (χ3v) is 2.74. The van der Waals surface area contributed by atoms with Crippen LogP contribution in [-0.4, -0.2) is 27.8 Å². The van der Waals surface area contributed by atoms with Gasteiger partial charge in [0.2, 0.25) is 0 Å². The molecule has 0 aliphatic rings. The first kappa shape index (κ1) is 10.6. The number of hydrogen-bond acceptors (Lipinski definition) is 5. The summed E-state index contributed by atoms with van der Waals surface area (Å²) in [4.78, 5) is 11.0. The number of carboxylic acids is 1. The lowest BCUT2D eigenvalue weighted by Crippen LogP contribution is -1.95. The number of hydrogen-bond donors (Lipinski definition) is 1. The summed E-state index contributed by atoms with van der Waals surface area (Å²) in [5.74, 6) is -0.366. The van der Waals surface area contributed by atoms with Crippen LogP contribution < -0.4 is 4.74 Å². The van der Waals surface area contributed by atoms with Crippen LogP contribution in [0.25, 0.3) is 11.3 Å². The number of nitrogens with zero attached hydrogens (tertiary/aromatic N) is 2. The van der Waals surface area contributed by atoms with Crippen molar-refractivity contribution in [1.29, 1.82) is 0 Å². The first-order valence-electron chi connectivity index (χ1n) is 4.42. The van der Waals surface area contributed by atoms with Crippen molar-refractivity contribution in [3.63, 3.8) is 0 Å². The molecule has 6 heteroatoms. The lowest BCUT2D eigenvalue weighted by molar-refractivity contribution is 0.0702. The van der Waals surface area contributed by atoms with E-state index in [0.717, 1.165) is 11.5 Å². The molecular weight excluding hydrogens is 228 g/mol. The first-order valence-corrected chi connectivity index (χ1v) is 5.20. The van der Waals surface area contributed by atoms with Crippen LogP contribution in [0, 0.1) is 0 Å². The highest BCUT2D eigenvalue weighted by molar-refractivity contribution is 7.08. The van der Waals surface area contributed by atoms with Crippen molar-refractivity contribution >= 4 is 17.5 Å². The lowest BCUT2D eigenvalue weighted by atomic mass is 10.1. The summed E-state index contributed by atoms with van der Waals surface area (Å²) < 4.78 is 8.71. The molecule has 0 bridgehead atoms. The smallest absolute Gasteiger partial charge is 0.349 e. The standard InChI is InChI=1S/C10H8N2O3S/c1-15-7-4-2-3-6(5-7)8-9(10(13)14)16-12-11-8/h2-5H,1H3,(H,13,14). The number of aromatic carboxylic acids is 1. The molecule has 0 saturated heterocycles. The van der Waals surface area contributed by atoms with Crippen molar-refractivity contribution in [2.45, 2.75) is 0 Å². The Labute approximate surface area is 95.5 Å². The quantitative estimate of drug-likeness (QED) is 0.881. The fraction of sp³-hybridized carbons (Fsp3) is 0.100. The molecule has 2 rings (SSSR count). The topological polar surface area (TPSA) is 72.3 Å². The first-order chi connectivity index (χ1) is 7.72. The summed E-state index contributed by atoms with van der Waals surface area (Å²) >= 11 is 0.864. The predicted octanol–water partition coefficient (Wildman–Crippen LogP) is 1.91. The fourth-order valence-electron chi connectivity index (χ4n) is 1.29. The van der Waals surface area contributed by atoms with Crippen molar-refractivity contribution < 1.29 is 14.6 Å². The Morgan fingerprint density at radius 2 is 2.31 bits per heavy atom. The van der Waals surface area contributed by atoms with E-state index in [9.17, 15) is 4.79 Å². The van der Waals surface area contributed by atoms with Gasteiger partial charge in [0.15, 0.2) is 4.88 Å². The molecule has 1 N–H and O–H groups in total. The zero-order valence-corrected chi connectivity index (χ0v) is 9.19. The molecule has 1 aromatic heterocycles. The van der Waals surface area contributed by atoms with Crippen molar-refractivity contribution in [3.8, 4) is 17.0 Å². The SMILES string of the molecule is COc1cccc(-c2nnsc2C(=O)O)c1. The molecule has 5 nitrogen and oxygen atoms in total. The van der Waals surface area contributed by atoms with Gasteiger partial charge in [0.25, 0.3) is 0 Å². The zero-order valence-electron chi connectivity index (χ0n) is 8.38. The summed E-state index contributed by atoms with van der Waals surface area (Å²) in [6.07, 6.45) is 0. The Bertz CT molecular complexity index is 524. The molecule has 16 heavy (non-hydrogen) atoms. The van der Waals surface area contributed by atoms with Gasteiger partial charge in [-0.3, -0.25) is 0 Å². The van der Waals surface area contributed by atoms with E-state index in [0.29, 0.717) is 17.0 Å². The normalized spacial score (nSPS) is 10.1. The number of carbonyl (C=O) groups is 1. The van der Waals surface area contributed by atoms with Crippen LogP contribution in [0.4, 0.5) is 0 Å². The molecule has 0 aliphatic heterocycles. The van der Waals surface area contributed by atoms with E-state index >= 15 is 0 Å². The minimum atomic E-state index is -1.02. The third-order valence-electron chi connectivity index (χ3n) is 2.03. The lowest BCUT2D eigenvalue weighted by Gasteiger charge is -2.01. The van der Waals surface area contributed by atoms with E-state index in [1.165, 1.54) is 0 Å². The molecule has 0 radical (unpaired) electrons. The Morgan fingerprint density at radius 1 is 1.50 bits per heavy atom. The summed E-state index contributed by atoms with van der Waals surface area (Å²) in [5, 5.41) is 12.8. The van der Waals surface area contributed by atoms with Gasteiger partial charge in [0.05, 0.1) is 7.11 Å². The summed E-state index contributed by atoms with van der Waals surface area (Å²) in [7, 11) is 1.55. The van der Waals surface area contributed by atoms with Gasteiger partial charge in [-0.1, -0.05) is 16.6 Å². The number of ether oxygens (including phenoxy) is 1. The Morgan fingerprint density at radius 3 is 3.00 bits per heavy atom. The van der Waals surface area contributed by atoms with E-state index < -0.39 is 5.97 Å². The molecule has 0 unspecified atom stereocenters. The number of aromatic nitrogens is 2. The average molecular weight is 236 g/mol. The molecule has 0 aliphatic carbocycles. The fourth-order valence-corrected chi connectivity index (χ4v) is 1.82. The Balaban J connectivity index is 2.50. The molecule has 2 aromatic rings. The average Bonchev–Trinajstić information content (AvgIpc) is 2.78. The highest BCUT2D eigenvalue weighted by atomic mass is 32.1. The molecule has 1 aromatic carbocycles. The maximum Gasteiger partial charge on any atom is 0.349 e. The largest absolute Gasteiger partial charge is 0.497 e. The number of rotatable bonds is 3. The minimum Gasteiger partial charge on any atom is -0.497 e. The number of benzene rings is 1. The Hall–Kier alpha value is -1.95. The third kappa shape index (κ3) is 1.87. The molecule has 1 heterocycles. The molecule has 0 spiro atoms. The molecule has 0 amide bonds. The zero-order chi connectivity index (χ0) is 11.5. The van der Waals surface area contributed by atoms with Gasteiger partial charge in [-0.05, 0) is 23.7 Å². The second-order valence-corrected chi connectivity index (χ2v) is 3.74. The monoisotopic (exact) mass is 236 g/mol. The molecule has 0 saturated carbocycles. The van der Waals surface area contributed by atoms with Gasteiger partial charge in [-0.2, -0.15) is 0 Å². The van der Waals surface area contributed by atoms with Gasteiger partial charge in [0.1, 0.15) is 11.4 Å². The molecule has 0 fully saturated rings. The van der Waals surface area contributed by atoms with E-state index in [-0.39, 0.29) is 4.88 Å². The summed E-state index contributed by atoms with van der Waals surface area (Å²) in [5.41, 5.74) is 1.06. The van der Waals surface area contributed by atoms with E-state index in [2.05, 4.69) is 9.59 Å². The van der Waals surface area contributed by atoms with Crippen LogP contribution in [0.5, 0.6) is 5.75 Å². The summed E-state index contributed by atoms with van der Waals surface area (Å²) in [6.45, 7) is 0. The van der Waals surface area contributed by atoms with Gasteiger partial charge in [-0.25, -0.2) is 4.79 Å². The predicted molar refractivity (Wildman–Crippen MR) is 58.9 cm³/mol. The van der Waals surface area contributed by atoms with Crippen LogP contribution in [0.3, 0.4) is 0 Å². The second kappa shape index (κ2) is 4.28. The van der Waals surface area contributed by atoms with E-state index in [4.69, 9.17) is 9.84 Å². The maximum atomic E-state index is 10.9. The van der Waals surface area contributed by atoms with Crippen LogP contribution in [0.15, 0.2) is 24.3 Å².